The first-order valence-corrected chi connectivity index (χ1v) is 6.13. The van der Waals surface area contributed by atoms with E-state index in [2.05, 4.69) is 17.9 Å². The highest BCUT2D eigenvalue weighted by Crippen LogP contribution is 2.16. The molecule has 0 aromatic heterocycles. The molecular weight excluding hydrogens is 270 g/mol. The lowest BCUT2D eigenvalue weighted by Gasteiger charge is -2.06. The maximum absolute atomic E-state index is 12.0. The molecule has 0 radical (unpaired) electrons. The van der Waals surface area contributed by atoms with Crippen molar-refractivity contribution < 1.29 is 4.79 Å². The van der Waals surface area contributed by atoms with Crippen molar-refractivity contribution in [1.82, 2.24) is 0 Å². The second-order valence-corrected chi connectivity index (χ2v) is 4.50. The molecule has 0 bridgehead atoms. The summed E-state index contributed by atoms with van der Waals surface area (Å²) in [5.41, 5.74) is 1.48. The molecule has 0 fully saturated rings. The predicted molar refractivity (Wildman–Crippen MR) is 77.5 cm³/mol. The van der Waals surface area contributed by atoms with Gasteiger partial charge in [-0.05, 0) is 42.5 Å². The Kier molecular flexibility index (Phi) is 4.05. The molecule has 20 heavy (non-hydrogen) atoms. The number of nitrogens with one attached hydrogen (secondary N) is 1. The second kappa shape index (κ2) is 5.92. The molecule has 0 aliphatic heterocycles. The van der Waals surface area contributed by atoms with Crippen LogP contribution in [0.2, 0.25) is 0 Å². The van der Waals surface area contributed by atoms with Gasteiger partial charge in [0.25, 0.3) is 5.91 Å². The van der Waals surface area contributed by atoms with E-state index in [9.17, 15) is 4.79 Å². The van der Waals surface area contributed by atoms with Crippen LogP contribution in [0, 0.1) is 22.7 Å². The molecule has 4 nitrogen and oxygen atoms in total. The van der Waals surface area contributed by atoms with Gasteiger partial charge < -0.3 is 5.32 Å². The van der Waals surface area contributed by atoms with Crippen molar-refractivity contribution >= 4 is 24.2 Å². The summed E-state index contributed by atoms with van der Waals surface area (Å²) < 4.78 is 0. The fourth-order valence-electron chi connectivity index (χ4n) is 1.63. The minimum absolute atomic E-state index is 0.232. The fraction of sp³-hybridized carbons (Fsp3) is 0. The molecule has 1 N–H and O–H groups in total. The number of carbonyl (C=O) groups excluding carboxylic acids is 1. The number of rotatable bonds is 2. The van der Waals surface area contributed by atoms with Gasteiger partial charge in [-0.25, -0.2) is 0 Å². The third-order valence-corrected chi connectivity index (χ3v) is 2.95. The molecule has 2 rings (SSSR count). The van der Waals surface area contributed by atoms with Crippen LogP contribution in [-0.4, -0.2) is 5.91 Å². The molecule has 0 aliphatic rings. The Balaban J connectivity index is 2.23. The van der Waals surface area contributed by atoms with E-state index in [1.807, 2.05) is 12.1 Å². The van der Waals surface area contributed by atoms with Crippen molar-refractivity contribution in [2.45, 2.75) is 4.90 Å². The van der Waals surface area contributed by atoms with Gasteiger partial charge in [0, 0.05) is 16.1 Å². The standard InChI is InChI=1S/C15H9N3OS/c16-8-11-1-4-13(7-12(11)9-17)18-15(19)10-2-5-14(20)6-3-10/h1-7,20H,(H,18,19). The number of amides is 1. The van der Waals surface area contributed by atoms with Crippen molar-refractivity contribution in [3.63, 3.8) is 0 Å². The topological polar surface area (TPSA) is 76.7 Å². The molecule has 0 aliphatic carbocycles. The maximum atomic E-state index is 12.0. The Morgan fingerprint density at radius 1 is 1.00 bits per heavy atom. The lowest BCUT2D eigenvalue weighted by atomic mass is 10.1. The summed E-state index contributed by atoms with van der Waals surface area (Å²) in [5, 5.41) is 20.4. The molecular formula is C15H9N3OS. The third kappa shape index (κ3) is 2.97. The zero-order chi connectivity index (χ0) is 14.5. The van der Waals surface area contributed by atoms with E-state index in [1.54, 1.807) is 30.3 Å². The quantitative estimate of drug-likeness (QED) is 0.830. The first-order valence-electron chi connectivity index (χ1n) is 5.68. The van der Waals surface area contributed by atoms with Crippen molar-refractivity contribution in [3.8, 4) is 12.1 Å². The Hall–Kier alpha value is -2.76. The number of benzene rings is 2. The van der Waals surface area contributed by atoms with Crippen molar-refractivity contribution in [3.05, 3.63) is 59.2 Å². The van der Waals surface area contributed by atoms with Crippen molar-refractivity contribution in [2.75, 3.05) is 5.32 Å². The van der Waals surface area contributed by atoms with Gasteiger partial charge in [0.05, 0.1) is 11.1 Å². The summed E-state index contributed by atoms with van der Waals surface area (Å²) in [6.07, 6.45) is 0. The number of anilines is 1. The summed E-state index contributed by atoms with van der Waals surface area (Å²) in [5.74, 6) is -0.285. The molecule has 0 saturated carbocycles. The van der Waals surface area contributed by atoms with Gasteiger partial charge in [-0.15, -0.1) is 12.6 Å². The molecule has 2 aromatic rings. The Labute approximate surface area is 121 Å². The maximum Gasteiger partial charge on any atom is 0.255 e. The smallest absolute Gasteiger partial charge is 0.255 e. The van der Waals surface area contributed by atoms with E-state index in [4.69, 9.17) is 10.5 Å². The Bertz CT molecular complexity index is 739. The fourth-order valence-corrected chi connectivity index (χ4v) is 1.78. The number of nitrogens with zero attached hydrogens (tertiary/aromatic N) is 2. The Morgan fingerprint density at radius 3 is 2.25 bits per heavy atom. The number of carbonyl (C=O) groups is 1. The predicted octanol–water partition coefficient (Wildman–Crippen LogP) is 2.97. The van der Waals surface area contributed by atoms with Crippen LogP contribution in [0.4, 0.5) is 5.69 Å². The molecule has 0 saturated heterocycles. The van der Waals surface area contributed by atoms with Gasteiger partial charge in [0.15, 0.2) is 0 Å². The molecule has 2 aromatic carbocycles. The van der Waals surface area contributed by atoms with Crippen LogP contribution < -0.4 is 5.32 Å². The van der Waals surface area contributed by atoms with Crippen LogP contribution in [0.1, 0.15) is 21.5 Å². The van der Waals surface area contributed by atoms with Gasteiger partial charge in [0.2, 0.25) is 0 Å². The lowest BCUT2D eigenvalue weighted by Crippen LogP contribution is -2.11. The summed E-state index contributed by atoms with van der Waals surface area (Å²) >= 11 is 4.15. The first kappa shape index (κ1) is 13.7. The molecule has 5 heteroatoms. The van der Waals surface area contributed by atoms with Crippen LogP contribution in [0.25, 0.3) is 0 Å². The number of hydrogen-bond donors (Lipinski definition) is 2. The molecule has 1 amide bonds. The van der Waals surface area contributed by atoms with Crippen LogP contribution >= 0.6 is 12.6 Å². The third-order valence-electron chi connectivity index (χ3n) is 2.65. The number of thiol groups is 1. The van der Waals surface area contributed by atoms with E-state index in [0.29, 0.717) is 11.3 Å². The van der Waals surface area contributed by atoms with E-state index >= 15 is 0 Å². The Morgan fingerprint density at radius 2 is 1.65 bits per heavy atom. The zero-order valence-electron chi connectivity index (χ0n) is 10.3. The van der Waals surface area contributed by atoms with Crippen molar-refractivity contribution in [1.29, 1.82) is 10.5 Å². The van der Waals surface area contributed by atoms with Gasteiger partial charge in [-0.2, -0.15) is 10.5 Å². The number of hydrogen-bond acceptors (Lipinski definition) is 4. The summed E-state index contributed by atoms with van der Waals surface area (Å²) in [4.78, 5) is 12.8. The molecule has 0 spiro atoms. The monoisotopic (exact) mass is 279 g/mol. The second-order valence-electron chi connectivity index (χ2n) is 3.98. The highest BCUT2D eigenvalue weighted by Gasteiger charge is 2.08. The van der Waals surface area contributed by atoms with Crippen LogP contribution in [0.3, 0.4) is 0 Å². The van der Waals surface area contributed by atoms with Crippen LogP contribution in [0.5, 0.6) is 0 Å². The average molecular weight is 279 g/mol. The molecule has 96 valence electrons. The zero-order valence-corrected chi connectivity index (χ0v) is 11.2. The lowest BCUT2D eigenvalue weighted by molar-refractivity contribution is 0.102. The van der Waals surface area contributed by atoms with E-state index < -0.39 is 0 Å². The average Bonchev–Trinajstić information content (AvgIpc) is 2.47. The molecule has 0 unspecified atom stereocenters. The van der Waals surface area contributed by atoms with Gasteiger partial charge in [-0.1, -0.05) is 0 Å². The highest BCUT2D eigenvalue weighted by molar-refractivity contribution is 7.80. The van der Waals surface area contributed by atoms with E-state index in [1.165, 1.54) is 12.1 Å². The normalized spacial score (nSPS) is 9.35. The van der Waals surface area contributed by atoms with Gasteiger partial charge >= 0.3 is 0 Å². The van der Waals surface area contributed by atoms with Gasteiger partial charge in [-0.3, -0.25) is 4.79 Å². The summed E-state index contributed by atoms with van der Waals surface area (Å²) in [6, 6.07) is 15.2. The highest BCUT2D eigenvalue weighted by atomic mass is 32.1. The molecule has 0 heterocycles. The SMILES string of the molecule is N#Cc1ccc(NC(=O)c2ccc(S)cc2)cc1C#N. The van der Waals surface area contributed by atoms with Crippen LogP contribution in [0.15, 0.2) is 47.4 Å². The van der Waals surface area contributed by atoms with Crippen LogP contribution in [-0.2, 0) is 0 Å². The minimum atomic E-state index is -0.285. The van der Waals surface area contributed by atoms with E-state index in [0.717, 1.165) is 4.90 Å². The van der Waals surface area contributed by atoms with E-state index in [-0.39, 0.29) is 17.0 Å². The van der Waals surface area contributed by atoms with Gasteiger partial charge in [0.1, 0.15) is 12.1 Å². The molecule has 0 atom stereocenters. The first-order chi connectivity index (χ1) is 9.63. The minimum Gasteiger partial charge on any atom is -0.322 e. The number of nitriles is 2. The largest absolute Gasteiger partial charge is 0.322 e. The summed E-state index contributed by atoms with van der Waals surface area (Å²) in [6.45, 7) is 0. The summed E-state index contributed by atoms with van der Waals surface area (Å²) in [7, 11) is 0. The van der Waals surface area contributed by atoms with Crippen molar-refractivity contribution in [2.24, 2.45) is 0 Å².